The predicted octanol–water partition coefficient (Wildman–Crippen LogP) is 4.09. The molecule has 2 nitrogen and oxygen atoms in total. The Bertz CT molecular complexity index is 608. The largest absolute Gasteiger partial charge is 0.417 e. The fourth-order valence-corrected chi connectivity index (χ4v) is 2.87. The molecule has 116 valence electrons. The molecule has 0 aliphatic carbocycles. The van der Waals surface area contributed by atoms with Crippen LogP contribution >= 0.6 is 0 Å². The number of alkyl halides is 3. The highest BCUT2D eigenvalue weighted by atomic mass is 19.4. The third-order valence-corrected chi connectivity index (χ3v) is 4.05. The number of benzene rings is 1. The van der Waals surface area contributed by atoms with Gasteiger partial charge in [0.1, 0.15) is 0 Å². The Hall–Kier alpha value is -1.88. The van der Waals surface area contributed by atoms with Gasteiger partial charge in [-0.2, -0.15) is 13.2 Å². The molecule has 5 heteroatoms. The average molecular weight is 306 g/mol. The summed E-state index contributed by atoms with van der Waals surface area (Å²) >= 11 is 0. The van der Waals surface area contributed by atoms with Gasteiger partial charge in [-0.25, -0.2) is 0 Å². The topological polar surface area (TPSA) is 16.1 Å². The molecule has 0 bridgehead atoms. The van der Waals surface area contributed by atoms with E-state index in [0.717, 1.165) is 44.0 Å². The number of pyridine rings is 1. The van der Waals surface area contributed by atoms with E-state index in [1.54, 1.807) is 0 Å². The summed E-state index contributed by atoms with van der Waals surface area (Å²) in [6, 6.07) is 12.8. The molecule has 1 aromatic heterocycles. The molecule has 3 rings (SSSR count). The minimum absolute atomic E-state index is 0.214. The van der Waals surface area contributed by atoms with Gasteiger partial charge in [-0.15, -0.1) is 0 Å². The van der Waals surface area contributed by atoms with Crippen LogP contribution in [0.1, 0.15) is 29.2 Å². The summed E-state index contributed by atoms with van der Waals surface area (Å²) in [6.45, 7) is 2.66. The van der Waals surface area contributed by atoms with Gasteiger partial charge >= 0.3 is 6.18 Å². The Labute approximate surface area is 127 Å². The maximum Gasteiger partial charge on any atom is 0.417 e. The summed E-state index contributed by atoms with van der Waals surface area (Å²) in [4.78, 5) is 6.34. The second-order valence-electron chi connectivity index (χ2n) is 5.68. The van der Waals surface area contributed by atoms with Gasteiger partial charge in [-0.3, -0.25) is 9.88 Å². The quantitative estimate of drug-likeness (QED) is 0.849. The van der Waals surface area contributed by atoms with Crippen LogP contribution in [-0.4, -0.2) is 23.0 Å². The van der Waals surface area contributed by atoms with Crippen LogP contribution in [-0.2, 0) is 12.7 Å². The van der Waals surface area contributed by atoms with Crippen molar-refractivity contribution in [2.24, 2.45) is 0 Å². The van der Waals surface area contributed by atoms with Gasteiger partial charge in [0.05, 0.1) is 5.56 Å². The smallest absolute Gasteiger partial charge is 0.298 e. The maximum atomic E-state index is 12.6. The normalized spacial score (nSPS) is 19.5. The van der Waals surface area contributed by atoms with Crippen LogP contribution in [0.2, 0.25) is 0 Å². The molecule has 1 saturated heterocycles. The Morgan fingerprint density at radius 3 is 2.50 bits per heavy atom. The lowest BCUT2D eigenvalue weighted by Gasteiger charge is -2.16. The lowest BCUT2D eigenvalue weighted by molar-refractivity contribution is -0.137. The molecule has 1 aromatic carbocycles. The molecule has 0 radical (unpaired) electrons. The van der Waals surface area contributed by atoms with E-state index in [-0.39, 0.29) is 5.92 Å². The Balaban J connectivity index is 1.63. The third kappa shape index (κ3) is 3.47. The van der Waals surface area contributed by atoms with Crippen LogP contribution in [0.15, 0.2) is 48.7 Å². The number of hydrogen-bond donors (Lipinski definition) is 0. The summed E-state index contributed by atoms with van der Waals surface area (Å²) in [5, 5.41) is 0. The van der Waals surface area contributed by atoms with Gasteiger partial charge in [0.2, 0.25) is 0 Å². The van der Waals surface area contributed by atoms with E-state index < -0.39 is 11.7 Å². The van der Waals surface area contributed by atoms with Gasteiger partial charge in [0, 0.05) is 30.9 Å². The van der Waals surface area contributed by atoms with E-state index in [1.807, 2.05) is 18.2 Å². The molecule has 1 aliphatic rings. The second kappa shape index (κ2) is 6.08. The number of halogens is 3. The molecule has 1 atom stereocenters. The third-order valence-electron chi connectivity index (χ3n) is 4.05. The fraction of sp³-hybridized carbons (Fsp3) is 0.353. The molecule has 1 fully saturated rings. The van der Waals surface area contributed by atoms with Crippen molar-refractivity contribution in [3.8, 4) is 0 Å². The highest BCUT2D eigenvalue weighted by molar-refractivity contribution is 5.21. The lowest BCUT2D eigenvalue weighted by Crippen LogP contribution is -2.19. The molecule has 0 saturated carbocycles. The summed E-state index contributed by atoms with van der Waals surface area (Å²) in [5.74, 6) is 0.214. The zero-order chi connectivity index (χ0) is 15.6. The monoisotopic (exact) mass is 306 g/mol. The molecule has 0 amide bonds. The first-order chi connectivity index (χ1) is 10.5. The van der Waals surface area contributed by atoms with E-state index in [9.17, 15) is 13.2 Å². The molecule has 1 aliphatic heterocycles. The van der Waals surface area contributed by atoms with Crippen molar-refractivity contribution in [3.05, 3.63) is 65.5 Å². The minimum Gasteiger partial charge on any atom is -0.298 e. The van der Waals surface area contributed by atoms with Crippen LogP contribution in [0.3, 0.4) is 0 Å². The van der Waals surface area contributed by atoms with E-state index in [0.29, 0.717) is 0 Å². The van der Waals surface area contributed by atoms with Crippen LogP contribution in [0.25, 0.3) is 0 Å². The molecule has 2 aromatic rings. The lowest BCUT2D eigenvalue weighted by atomic mass is 10.0. The Morgan fingerprint density at radius 2 is 1.86 bits per heavy atom. The van der Waals surface area contributed by atoms with Crippen molar-refractivity contribution in [3.63, 3.8) is 0 Å². The summed E-state index contributed by atoms with van der Waals surface area (Å²) in [7, 11) is 0. The van der Waals surface area contributed by atoms with Crippen LogP contribution < -0.4 is 0 Å². The van der Waals surface area contributed by atoms with Crippen molar-refractivity contribution in [2.75, 3.05) is 13.1 Å². The minimum atomic E-state index is -4.32. The first-order valence-corrected chi connectivity index (χ1v) is 7.32. The zero-order valence-electron chi connectivity index (χ0n) is 12.1. The van der Waals surface area contributed by atoms with Gasteiger partial charge in [0.25, 0.3) is 0 Å². The van der Waals surface area contributed by atoms with Crippen molar-refractivity contribution >= 4 is 0 Å². The Morgan fingerprint density at radius 1 is 1.09 bits per heavy atom. The number of likely N-dealkylation sites (tertiary alicyclic amines) is 1. The van der Waals surface area contributed by atoms with Gasteiger partial charge in [0.15, 0.2) is 0 Å². The highest BCUT2D eigenvalue weighted by Crippen LogP contribution is 2.31. The number of rotatable bonds is 3. The van der Waals surface area contributed by atoms with Gasteiger partial charge in [-0.1, -0.05) is 30.3 Å². The zero-order valence-corrected chi connectivity index (χ0v) is 12.1. The van der Waals surface area contributed by atoms with Crippen LogP contribution in [0, 0.1) is 0 Å². The van der Waals surface area contributed by atoms with Crippen molar-refractivity contribution in [1.82, 2.24) is 9.88 Å². The maximum absolute atomic E-state index is 12.6. The predicted molar refractivity (Wildman–Crippen MR) is 78.3 cm³/mol. The molecule has 1 unspecified atom stereocenters. The Kier molecular flexibility index (Phi) is 4.16. The highest BCUT2D eigenvalue weighted by Gasteiger charge is 2.31. The van der Waals surface area contributed by atoms with Crippen molar-refractivity contribution in [2.45, 2.75) is 25.1 Å². The molecular weight excluding hydrogens is 289 g/mol. The van der Waals surface area contributed by atoms with E-state index in [2.05, 4.69) is 22.0 Å². The standard InChI is InChI=1S/C17H17F3N2/c18-17(19,20)15-6-7-16(21-10-15)14-8-9-22(12-14)11-13-4-2-1-3-5-13/h1-7,10,14H,8-9,11-12H2. The first kappa shape index (κ1) is 15.0. The van der Waals surface area contributed by atoms with E-state index in [1.165, 1.54) is 11.6 Å². The number of aromatic nitrogens is 1. The molecule has 22 heavy (non-hydrogen) atoms. The summed E-state index contributed by atoms with van der Waals surface area (Å²) < 4.78 is 37.7. The first-order valence-electron chi connectivity index (χ1n) is 7.32. The number of nitrogens with zero attached hydrogens (tertiary/aromatic N) is 2. The fourth-order valence-electron chi connectivity index (χ4n) is 2.87. The molecular formula is C17H17F3N2. The van der Waals surface area contributed by atoms with E-state index in [4.69, 9.17) is 0 Å². The molecule has 2 heterocycles. The summed E-state index contributed by atoms with van der Waals surface area (Å²) in [5.41, 5.74) is 1.32. The van der Waals surface area contributed by atoms with Crippen molar-refractivity contribution < 1.29 is 13.2 Å². The van der Waals surface area contributed by atoms with Crippen molar-refractivity contribution in [1.29, 1.82) is 0 Å². The average Bonchev–Trinajstić information content (AvgIpc) is 2.96. The van der Waals surface area contributed by atoms with Gasteiger partial charge < -0.3 is 0 Å². The molecule has 0 N–H and O–H groups in total. The summed E-state index contributed by atoms with van der Waals surface area (Å²) in [6.07, 6.45) is -2.44. The van der Waals surface area contributed by atoms with Gasteiger partial charge in [-0.05, 0) is 30.7 Å². The SMILES string of the molecule is FC(F)(F)c1ccc(C2CCN(Cc3ccccc3)C2)nc1. The molecule has 0 spiro atoms. The number of hydrogen-bond acceptors (Lipinski definition) is 2. The van der Waals surface area contributed by atoms with E-state index >= 15 is 0 Å². The second-order valence-corrected chi connectivity index (χ2v) is 5.68. The van der Waals surface area contributed by atoms with Crippen LogP contribution in [0.5, 0.6) is 0 Å². The van der Waals surface area contributed by atoms with Crippen LogP contribution in [0.4, 0.5) is 13.2 Å².